The normalized spacial score (nSPS) is 14.0. The lowest BCUT2D eigenvalue weighted by atomic mass is 9.99. The smallest absolute Gasteiger partial charge is 0.414 e. The first-order valence-corrected chi connectivity index (χ1v) is 9.26. The standard InChI is InChI=1S/C16H13F2N3OS.C2H2O4/c17-13-1-2-14(18)11(5-13)6-21-7-12(8-21)16-19-15(20-22-16)10-3-4-23-9-10;3-1(4)2(5)6/h1-5,9,12H,6-8H2;(H,3,4)(H,5,6). The second-order valence-electron chi connectivity index (χ2n) is 6.21. The summed E-state index contributed by atoms with van der Waals surface area (Å²) in [6, 6.07) is 5.47. The maximum Gasteiger partial charge on any atom is 0.414 e. The number of nitrogens with zero attached hydrogens (tertiary/aromatic N) is 3. The van der Waals surface area contributed by atoms with Gasteiger partial charge in [0.2, 0.25) is 11.7 Å². The first-order valence-electron chi connectivity index (χ1n) is 8.32. The summed E-state index contributed by atoms with van der Waals surface area (Å²) >= 11 is 1.58. The minimum absolute atomic E-state index is 0.145. The Bertz CT molecular complexity index is 991. The number of aromatic nitrogens is 2. The van der Waals surface area contributed by atoms with Crippen molar-refractivity contribution in [2.45, 2.75) is 12.5 Å². The van der Waals surface area contributed by atoms with E-state index in [1.807, 2.05) is 21.7 Å². The zero-order valence-electron chi connectivity index (χ0n) is 14.8. The van der Waals surface area contributed by atoms with Crippen molar-refractivity contribution in [3.05, 3.63) is 58.1 Å². The highest BCUT2D eigenvalue weighted by Gasteiger charge is 2.33. The number of hydrogen-bond acceptors (Lipinski definition) is 7. The molecular formula is C18H15F2N3O5S. The van der Waals surface area contributed by atoms with E-state index >= 15 is 0 Å². The van der Waals surface area contributed by atoms with Gasteiger partial charge in [0.15, 0.2) is 0 Å². The molecule has 0 spiro atoms. The Hall–Kier alpha value is -3.18. The lowest BCUT2D eigenvalue weighted by molar-refractivity contribution is -0.159. The number of hydrogen-bond donors (Lipinski definition) is 2. The van der Waals surface area contributed by atoms with Crippen LogP contribution >= 0.6 is 11.3 Å². The van der Waals surface area contributed by atoms with Crippen LogP contribution in [-0.2, 0) is 16.1 Å². The van der Waals surface area contributed by atoms with E-state index in [-0.39, 0.29) is 11.7 Å². The summed E-state index contributed by atoms with van der Waals surface area (Å²) in [7, 11) is 0. The number of carbonyl (C=O) groups is 2. The summed E-state index contributed by atoms with van der Waals surface area (Å²) in [6.45, 7) is 1.77. The average Bonchev–Trinajstić information content (AvgIpc) is 3.32. The summed E-state index contributed by atoms with van der Waals surface area (Å²) in [5.41, 5.74) is 1.32. The molecule has 0 radical (unpaired) electrons. The summed E-state index contributed by atoms with van der Waals surface area (Å²) in [4.78, 5) is 24.6. The molecule has 3 heterocycles. The van der Waals surface area contributed by atoms with Gasteiger partial charge in [0.25, 0.3) is 0 Å². The summed E-state index contributed by atoms with van der Waals surface area (Å²) in [6.07, 6.45) is 0. The fourth-order valence-electron chi connectivity index (χ4n) is 2.67. The lowest BCUT2D eigenvalue weighted by Gasteiger charge is -2.37. The fraction of sp³-hybridized carbons (Fsp3) is 0.222. The molecule has 1 fully saturated rings. The number of carboxylic acid groups (broad SMARTS) is 2. The van der Waals surface area contributed by atoms with Crippen LogP contribution in [0.15, 0.2) is 39.5 Å². The van der Waals surface area contributed by atoms with Gasteiger partial charge in [-0.2, -0.15) is 16.3 Å². The van der Waals surface area contributed by atoms with Crippen LogP contribution in [0.5, 0.6) is 0 Å². The quantitative estimate of drug-likeness (QED) is 0.616. The predicted octanol–water partition coefficient (Wildman–Crippen LogP) is 2.83. The molecule has 0 atom stereocenters. The van der Waals surface area contributed by atoms with Crippen LogP contribution in [0.4, 0.5) is 8.78 Å². The summed E-state index contributed by atoms with van der Waals surface area (Å²) < 4.78 is 32.1. The van der Waals surface area contributed by atoms with Gasteiger partial charge >= 0.3 is 11.9 Å². The molecule has 1 aliphatic heterocycles. The minimum Gasteiger partial charge on any atom is -0.473 e. The van der Waals surface area contributed by atoms with Crippen molar-refractivity contribution in [1.82, 2.24) is 15.0 Å². The molecule has 0 amide bonds. The molecule has 1 saturated heterocycles. The van der Waals surface area contributed by atoms with Crippen LogP contribution in [0.25, 0.3) is 11.4 Å². The molecule has 2 aromatic heterocycles. The van der Waals surface area contributed by atoms with E-state index in [1.54, 1.807) is 11.3 Å². The number of benzene rings is 1. The first-order chi connectivity index (χ1) is 13.8. The largest absolute Gasteiger partial charge is 0.473 e. The monoisotopic (exact) mass is 423 g/mol. The number of thiophene rings is 1. The van der Waals surface area contributed by atoms with Crippen molar-refractivity contribution in [2.24, 2.45) is 0 Å². The Morgan fingerprint density at radius 1 is 1.21 bits per heavy atom. The molecule has 11 heteroatoms. The topological polar surface area (TPSA) is 117 Å². The fourth-order valence-corrected chi connectivity index (χ4v) is 3.30. The second-order valence-corrected chi connectivity index (χ2v) is 6.99. The zero-order chi connectivity index (χ0) is 21.0. The maximum atomic E-state index is 13.6. The van der Waals surface area contributed by atoms with Crippen LogP contribution in [0.3, 0.4) is 0 Å². The molecule has 1 aliphatic rings. The molecular weight excluding hydrogens is 408 g/mol. The number of halogens is 2. The molecule has 29 heavy (non-hydrogen) atoms. The predicted molar refractivity (Wildman–Crippen MR) is 97.3 cm³/mol. The molecule has 152 valence electrons. The second kappa shape index (κ2) is 8.88. The third kappa shape index (κ3) is 5.21. The first kappa shape index (κ1) is 20.6. The van der Waals surface area contributed by atoms with Crippen molar-refractivity contribution < 1.29 is 33.1 Å². The number of rotatable bonds is 4. The highest BCUT2D eigenvalue weighted by molar-refractivity contribution is 7.08. The third-order valence-corrected chi connectivity index (χ3v) is 4.80. The summed E-state index contributed by atoms with van der Waals surface area (Å²) in [5, 5.41) is 22.7. The van der Waals surface area contributed by atoms with Crippen LogP contribution in [0.2, 0.25) is 0 Å². The van der Waals surface area contributed by atoms with E-state index in [0.717, 1.165) is 17.7 Å². The average molecular weight is 423 g/mol. The van der Waals surface area contributed by atoms with Gasteiger partial charge in [-0.05, 0) is 29.6 Å². The molecule has 0 aliphatic carbocycles. The molecule has 0 unspecified atom stereocenters. The SMILES string of the molecule is Fc1ccc(F)c(CN2CC(c3nc(-c4ccsc4)no3)C2)c1.O=C(O)C(=O)O. The van der Waals surface area contributed by atoms with Crippen molar-refractivity contribution in [3.8, 4) is 11.4 Å². The van der Waals surface area contributed by atoms with Crippen LogP contribution in [0, 0.1) is 11.6 Å². The van der Waals surface area contributed by atoms with E-state index in [2.05, 4.69) is 10.1 Å². The lowest BCUT2D eigenvalue weighted by Crippen LogP contribution is -2.44. The van der Waals surface area contributed by atoms with Gasteiger partial charge in [-0.25, -0.2) is 18.4 Å². The number of aliphatic carboxylic acids is 2. The zero-order valence-corrected chi connectivity index (χ0v) is 15.6. The Balaban J connectivity index is 0.000000353. The molecule has 3 aromatic rings. The molecule has 8 nitrogen and oxygen atoms in total. The van der Waals surface area contributed by atoms with Crippen molar-refractivity contribution in [2.75, 3.05) is 13.1 Å². The molecule has 4 rings (SSSR count). The number of likely N-dealkylation sites (tertiary alicyclic amines) is 1. The van der Waals surface area contributed by atoms with E-state index in [9.17, 15) is 8.78 Å². The Morgan fingerprint density at radius 3 is 2.55 bits per heavy atom. The van der Waals surface area contributed by atoms with Crippen LogP contribution < -0.4 is 0 Å². The van der Waals surface area contributed by atoms with E-state index in [0.29, 0.717) is 36.9 Å². The van der Waals surface area contributed by atoms with E-state index in [1.165, 1.54) is 6.07 Å². The Morgan fingerprint density at radius 2 is 1.93 bits per heavy atom. The van der Waals surface area contributed by atoms with Gasteiger partial charge in [-0.15, -0.1) is 0 Å². The molecule has 1 aromatic carbocycles. The van der Waals surface area contributed by atoms with Crippen molar-refractivity contribution in [3.63, 3.8) is 0 Å². The van der Waals surface area contributed by atoms with Crippen molar-refractivity contribution >= 4 is 23.3 Å². The minimum atomic E-state index is -1.82. The number of carboxylic acids is 2. The van der Waals surface area contributed by atoms with E-state index < -0.39 is 17.8 Å². The highest BCUT2D eigenvalue weighted by Crippen LogP contribution is 2.29. The van der Waals surface area contributed by atoms with Gasteiger partial charge in [-0.3, -0.25) is 4.90 Å². The molecule has 2 N–H and O–H groups in total. The van der Waals surface area contributed by atoms with Gasteiger partial charge in [0.05, 0.1) is 5.92 Å². The third-order valence-electron chi connectivity index (χ3n) is 4.11. The highest BCUT2D eigenvalue weighted by atomic mass is 32.1. The Labute approximate surface area is 167 Å². The van der Waals surface area contributed by atoms with E-state index in [4.69, 9.17) is 24.3 Å². The summed E-state index contributed by atoms with van der Waals surface area (Å²) in [5.74, 6) is -3.11. The van der Waals surface area contributed by atoms with Gasteiger partial charge in [-0.1, -0.05) is 5.16 Å². The van der Waals surface area contributed by atoms with Gasteiger partial charge < -0.3 is 14.7 Å². The van der Waals surface area contributed by atoms with Gasteiger partial charge in [0, 0.05) is 36.1 Å². The van der Waals surface area contributed by atoms with Gasteiger partial charge in [0.1, 0.15) is 11.6 Å². The van der Waals surface area contributed by atoms with Crippen molar-refractivity contribution in [1.29, 1.82) is 0 Å². The molecule has 0 saturated carbocycles. The van der Waals surface area contributed by atoms with Crippen LogP contribution in [0.1, 0.15) is 17.4 Å². The Kier molecular flexibility index (Phi) is 6.29. The van der Waals surface area contributed by atoms with Crippen LogP contribution in [-0.4, -0.2) is 50.3 Å². The molecule has 0 bridgehead atoms. The maximum absolute atomic E-state index is 13.6.